The van der Waals surface area contributed by atoms with Crippen molar-refractivity contribution in [3.63, 3.8) is 0 Å². The summed E-state index contributed by atoms with van der Waals surface area (Å²) in [6.07, 6.45) is 0. The van der Waals surface area contributed by atoms with E-state index in [0.29, 0.717) is 0 Å². The average molecular weight is 227 g/mol. The van der Waals surface area contributed by atoms with Gasteiger partial charge in [0.25, 0.3) is 0 Å². The van der Waals surface area contributed by atoms with Crippen LogP contribution in [0.4, 0.5) is 0 Å². The van der Waals surface area contributed by atoms with E-state index in [2.05, 4.69) is 29.7 Å². The lowest BCUT2D eigenvalue weighted by atomic mass is 10.1. The monoisotopic (exact) mass is 226 g/mol. The van der Waals surface area contributed by atoms with Crippen molar-refractivity contribution in [2.24, 2.45) is 0 Å². The van der Waals surface area contributed by atoms with Gasteiger partial charge in [-0.05, 0) is 30.7 Å². The highest BCUT2D eigenvalue weighted by Gasteiger charge is 1.96. The van der Waals surface area contributed by atoms with Gasteiger partial charge in [-0.3, -0.25) is 0 Å². The molecule has 1 aromatic carbocycles. The Hall–Kier alpha value is -0.570. The normalized spacial score (nSPS) is 10.6. The highest BCUT2D eigenvalue weighted by atomic mass is 35.5. The number of aryl methyl sites for hydroxylation is 1. The molecule has 84 valence electrons. The van der Waals surface area contributed by atoms with Crippen LogP contribution in [0.25, 0.3) is 0 Å². The number of benzene rings is 1. The van der Waals surface area contributed by atoms with Crippen LogP contribution in [-0.2, 0) is 6.54 Å². The van der Waals surface area contributed by atoms with Crippen molar-refractivity contribution < 1.29 is 0 Å². The molecular weight excluding hydrogens is 208 g/mol. The molecule has 0 spiro atoms. The zero-order chi connectivity index (χ0) is 11.1. The predicted octanol–water partition coefficient (Wildman–Crippen LogP) is 2.35. The highest BCUT2D eigenvalue weighted by Crippen LogP contribution is 2.15. The largest absolute Gasteiger partial charge is 0.316 e. The molecule has 0 aliphatic carbocycles. The van der Waals surface area contributed by atoms with E-state index in [1.54, 1.807) is 0 Å². The Morgan fingerprint density at radius 2 is 1.93 bits per heavy atom. The standard InChI is InChI=1S/C12H19ClN2/c1-3-14-6-7-15-9-11-4-5-12(13)10(2)8-11/h4-5,8,14-15H,3,6-7,9H2,1-2H3. The van der Waals surface area contributed by atoms with Crippen LogP contribution in [0, 0.1) is 6.92 Å². The molecule has 15 heavy (non-hydrogen) atoms. The van der Waals surface area contributed by atoms with Crippen molar-refractivity contribution >= 4 is 11.6 Å². The van der Waals surface area contributed by atoms with Crippen molar-refractivity contribution in [3.8, 4) is 0 Å². The Labute approximate surface area is 97.0 Å². The molecule has 2 N–H and O–H groups in total. The van der Waals surface area contributed by atoms with Crippen LogP contribution < -0.4 is 10.6 Å². The van der Waals surface area contributed by atoms with Crippen LogP contribution in [0.3, 0.4) is 0 Å². The van der Waals surface area contributed by atoms with Gasteiger partial charge in [0.05, 0.1) is 0 Å². The Bertz CT molecular complexity index is 300. The van der Waals surface area contributed by atoms with Gasteiger partial charge in [-0.2, -0.15) is 0 Å². The third-order valence-electron chi connectivity index (χ3n) is 2.28. The molecule has 0 bridgehead atoms. The molecule has 0 saturated carbocycles. The van der Waals surface area contributed by atoms with Gasteiger partial charge in [-0.1, -0.05) is 30.7 Å². The second-order valence-electron chi connectivity index (χ2n) is 3.61. The summed E-state index contributed by atoms with van der Waals surface area (Å²) in [6, 6.07) is 6.15. The van der Waals surface area contributed by atoms with E-state index in [1.807, 2.05) is 13.0 Å². The summed E-state index contributed by atoms with van der Waals surface area (Å²) in [7, 11) is 0. The van der Waals surface area contributed by atoms with Crippen molar-refractivity contribution in [1.82, 2.24) is 10.6 Å². The molecule has 0 unspecified atom stereocenters. The Morgan fingerprint density at radius 1 is 1.20 bits per heavy atom. The molecule has 0 aliphatic heterocycles. The van der Waals surface area contributed by atoms with Crippen LogP contribution in [-0.4, -0.2) is 19.6 Å². The highest BCUT2D eigenvalue weighted by molar-refractivity contribution is 6.31. The third-order valence-corrected chi connectivity index (χ3v) is 2.70. The van der Waals surface area contributed by atoms with E-state index in [1.165, 1.54) is 5.56 Å². The molecule has 3 heteroatoms. The SMILES string of the molecule is CCNCCNCc1ccc(Cl)c(C)c1. The summed E-state index contributed by atoms with van der Waals surface area (Å²) in [6.45, 7) is 8.09. The Balaban J connectivity index is 2.28. The summed E-state index contributed by atoms with van der Waals surface area (Å²) in [5.41, 5.74) is 2.43. The van der Waals surface area contributed by atoms with E-state index in [-0.39, 0.29) is 0 Å². The maximum atomic E-state index is 5.95. The fourth-order valence-corrected chi connectivity index (χ4v) is 1.52. The van der Waals surface area contributed by atoms with Crippen molar-refractivity contribution in [3.05, 3.63) is 34.3 Å². The van der Waals surface area contributed by atoms with Gasteiger partial charge in [-0.25, -0.2) is 0 Å². The van der Waals surface area contributed by atoms with Crippen LogP contribution in [0.5, 0.6) is 0 Å². The summed E-state index contributed by atoms with van der Waals surface area (Å²) in [5.74, 6) is 0. The molecule has 0 saturated heterocycles. The van der Waals surface area contributed by atoms with Gasteiger partial charge in [-0.15, -0.1) is 0 Å². The van der Waals surface area contributed by atoms with E-state index in [4.69, 9.17) is 11.6 Å². The molecule has 0 fully saturated rings. The average Bonchev–Trinajstić information content (AvgIpc) is 2.23. The van der Waals surface area contributed by atoms with Gasteiger partial charge in [0, 0.05) is 24.7 Å². The van der Waals surface area contributed by atoms with E-state index >= 15 is 0 Å². The molecule has 0 atom stereocenters. The van der Waals surface area contributed by atoms with Gasteiger partial charge < -0.3 is 10.6 Å². The first-order valence-corrected chi connectivity index (χ1v) is 5.78. The number of halogens is 1. The number of nitrogens with one attached hydrogen (secondary N) is 2. The fraction of sp³-hybridized carbons (Fsp3) is 0.500. The molecule has 0 amide bonds. The van der Waals surface area contributed by atoms with Crippen molar-refractivity contribution in [1.29, 1.82) is 0 Å². The number of hydrogen-bond acceptors (Lipinski definition) is 2. The minimum Gasteiger partial charge on any atom is -0.316 e. The van der Waals surface area contributed by atoms with Gasteiger partial charge in [0.2, 0.25) is 0 Å². The smallest absolute Gasteiger partial charge is 0.0435 e. The molecular formula is C12H19ClN2. The maximum absolute atomic E-state index is 5.95. The molecule has 2 nitrogen and oxygen atoms in total. The lowest BCUT2D eigenvalue weighted by Crippen LogP contribution is -2.26. The van der Waals surface area contributed by atoms with E-state index in [9.17, 15) is 0 Å². The fourth-order valence-electron chi connectivity index (χ4n) is 1.40. The first kappa shape index (κ1) is 12.5. The second kappa shape index (κ2) is 6.83. The Morgan fingerprint density at radius 3 is 2.60 bits per heavy atom. The minimum absolute atomic E-state index is 0.839. The summed E-state index contributed by atoms with van der Waals surface area (Å²) >= 11 is 5.95. The zero-order valence-electron chi connectivity index (χ0n) is 9.44. The topological polar surface area (TPSA) is 24.1 Å². The Kier molecular flexibility index (Phi) is 5.69. The van der Waals surface area contributed by atoms with Crippen LogP contribution in [0.15, 0.2) is 18.2 Å². The quantitative estimate of drug-likeness (QED) is 0.728. The van der Waals surface area contributed by atoms with Gasteiger partial charge in [0.15, 0.2) is 0 Å². The molecule has 1 rings (SSSR count). The molecule has 0 radical (unpaired) electrons. The lowest BCUT2D eigenvalue weighted by molar-refractivity contribution is 0.625. The molecule has 1 aromatic rings. The van der Waals surface area contributed by atoms with Gasteiger partial charge in [0.1, 0.15) is 0 Å². The number of rotatable bonds is 6. The molecule has 0 aliphatic rings. The minimum atomic E-state index is 0.839. The number of hydrogen-bond donors (Lipinski definition) is 2. The van der Waals surface area contributed by atoms with Crippen LogP contribution in [0.1, 0.15) is 18.1 Å². The first-order chi connectivity index (χ1) is 7.24. The van der Waals surface area contributed by atoms with E-state index < -0.39 is 0 Å². The van der Waals surface area contributed by atoms with Crippen molar-refractivity contribution in [2.45, 2.75) is 20.4 Å². The van der Waals surface area contributed by atoms with Crippen LogP contribution >= 0.6 is 11.6 Å². The third kappa shape index (κ3) is 4.65. The molecule has 0 aromatic heterocycles. The summed E-state index contributed by atoms with van der Waals surface area (Å²) < 4.78 is 0. The number of likely N-dealkylation sites (N-methyl/N-ethyl adjacent to an activating group) is 1. The maximum Gasteiger partial charge on any atom is 0.0435 e. The second-order valence-corrected chi connectivity index (χ2v) is 4.02. The molecule has 0 heterocycles. The van der Waals surface area contributed by atoms with Crippen molar-refractivity contribution in [2.75, 3.05) is 19.6 Å². The predicted molar refractivity (Wildman–Crippen MR) is 66.4 cm³/mol. The van der Waals surface area contributed by atoms with Crippen LogP contribution in [0.2, 0.25) is 5.02 Å². The summed E-state index contributed by atoms with van der Waals surface area (Å²) in [4.78, 5) is 0. The van der Waals surface area contributed by atoms with E-state index in [0.717, 1.165) is 36.8 Å². The summed E-state index contributed by atoms with van der Waals surface area (Å²) in [5, 5.41) is 7.49. The lowest BCUT2D eigenvalue weighted by Gasteiger charge is -2.06. The first-order valence-electron chi connectivity index (χ1n) is 5.40. The van der Waals surface area contributed by atoms with Gasteiger partial charge >= 0.3 is 0 Å². The zero-order valence-corrected chi connectivity index (χ0v) is 10.2.